The van der Waals surface area contributed by atoms with Crippen molar-refractivity contribution < 1.29 is 4.74 Å². The van der Waals surface area contributed by atoms with Crippen molar-refractivity contribution in [2.24, 2.45) is 0 Å². The molecule has 76 valence electrons. The Morgan fingerprint density at radius 3 is 2.69 bits per heavy atom. The number of ether oxygens (including phenoxy) is 1. The maximum absolute atomic E-state index is 8.83. The summed E-state index contributed by atoms with van der Waals surface area (Å²) in [7, 11) is 0. The molecule has 2 aromatic rings. The third-order valence-electron chi connectivity index (χ3n) is 2.77. The van der Waals surface area contributed by atoms with E-state index in [2.05, 4.69) is 12.1 Å². The van der Waals surface area contributed by atoms with Gasteiger partial charge in [-0.1, -0.05) is 24.3 Å². The van der Waals surface area contributed by atoms with Gasteiger partial charge in [0, 0.05) is 6.42 Å². The van der Waals surface area contributed by atoms with Gasteiger partial charge >= 0.3 is 0 Å². The summed E-state index contributed by atoms with van der Waals surface area (Å²) in [5.41, 5.74) is 2.97. The van der Waals surface area contributed by atoms with Gasteiger partial charge in [0.25, 0.3) is 0 Å². The van der Waals surface area contributed by atoms with E-state index in [0.717, 1.165) is 23.5 Å². The maximum atomic E-state index is 8.83. The Balaban J connectivity index is 2.09. The summed E-state index contributed by atoms with van der Waals surface area (Å²) >= 11 is 0. The second-order valence-electron chi connectivity index (χ2n) is 3.82. The van der Waals surface area contributed by atoms with E-state index in [1.54, 1.807) is 6.07 Å². The Morgan fingerprint density at radius 1 is 1.00 bits per heavy atom. The molecule has 1 aliphatic rings. The SMILES string of the molecule is N#Cc1ccc2c(c1)Oc1ccccc1C2. The third-order valence-corrected chi connectivity index (χ3v) is 2.77. The minimum atomic E-state index is 0.637. The monoisotopic (exact) mass is 207 g/mol. The van der Waals surface area contributed by atoms with E-state index < -0.39 is 0 Å². The lowest BCUT2D eigenvalue weighted by atomic mass is 9.99. The highest BCUT2D eigenvalue weighted by Crippen LogP contribution is 2.36. The molecule has 2 aromatic carbocycles. The fourth-order valence-corrected chi connectivity index (χ4v) is 1.94. The van der Waals surface area contributed by atoms with Gasteiger partial charge in [-0.3, -0.25) is 0 Å². The maximum Gasteiger partial charge on any atom is 0.132 e. The zero-order valence-electron chi connectivity index (χ0n) is 8.60. The number of nitrogens with zero attached hydrogens (tertiary/aromatic N) is 1. The first-order chi connectivity index (χ1) is 7.86. The largest absolute Gasteiger partial charge is 0.457 e. The first kappa shape index (κ1) is 8.99. The number of nitriles is 1. The first-order valence-corrected chi connectivity index (χ1v) is 5.15. The number of para-hydroxylation sites is 1. The van der Waals surface area contributed by atoms with E-state index >= 15 is 0 Å². The molecule has 0 unspecified atom stereocenters. The van der Waals surface area contributed by atoms with Crippen LogP contribution in [-0.2, 0) is 6.42 Å². The molecule has 0 atom stereocenters. The lowest BCUT2D eigenvalue weighted by molar-refractivity contribution is 0.460. The summed E-state index contributed by atoms with van der Waals surface area (Å²) in [6, 6.07) is 15.7. The normalized spacial score (nSPS) is 11.9. The molecule has 0 saturated carbocycles. The molecule has 16 heavy (non-hydrogen) atoms. The molecule has 0 bridgehead atoms. The number of hydrogen-bond acceptors (Lipinski definition) is 2. The van der Waals surface area contributed by atoms with Gasteiger partial charge in [0.05, 0.1) is 11.6 Å². The molecule has 0 fully saturated rings. The number of rotatable bonds is 0. The van der Waals surface area contributed by atoms with E-state index in [9.17, 15) is 0 Å². The van der Waals surface area contributed by atoms with Crippen LogP contribution in [0.2, 0.25) is 0 Å². The first-order valence-electron chi connectivity index (χ1n) is 5.15. The van der Waals surface area contributed by atoms with Crippen LogP contribution in [0.3, 0.4) is 0 Å². The lowest BCUT2D eigenvalue weighted by Crippen LogP contribution is -2.02. The van der Waals surface area contributed by atoms with Crippen LogP contribution in [0.5, 0.6) is 11.5 Å². The van der Waals surface area contributed by atoms with Crippen molar-refractivity contribution in [2.75, 3.05) is 0 Å². The molecule has 3 rings (SSSR count). The lowest BCUT2D eigenvalue weighted by Gasteiger charge is -2.19. The molecule has 0 saturated heterocycles. The second kappa shape index (κ2) is 3.39. The van der Waals surface area contributed by atoms with Crippen LogP contribution in [0.4, 0.5) is 0 Å². The van der Waals surface area contributed by atoms with Crippen LogP contribution in [0, 0.1) is 11.3 Å². The van der Waals surface area contributed by atoms with Crippen LogP contribution in [0.15, 0.2) is 42.5 Å². The molecule has 1 heterocycles. The van der Waals surface area contributed by atoms with Crippen molar-refractivity contribution in [1.29, 1.82) is 5.26 Å². The van der Waals surface area contributed by atoms with Gasteiger partial charge in [-0.25, -0.2) is 0 Å². The molecule has 0 radical (unpaired) electrons. The van der Waals surface area contributed by atoms with E-state index in [0.29, 0.717) is 5.56 Å². The summed E-state index contributed by atoms with van der Waals surface area (Å²) in [5, 5.41) is 8.83. The Labute approximate surface area is 93.7 Å². The highest BCUT2D eigenvalue weighted by molar-refractivity contribution is 5.52. The molecule has 0 amide bonds. The van der Waals surface area contributed by atoms with Crippen molar-refractivity contribution in [2.45, 2.75) is 6.42 Å². The minimum absolute atomic E-state index is 0.637. The van der Waals surface area contributed by atoms with E-state index in [-0.39, 0.29) is 0 Å². The topological polar surface area (TPSA) is 33.0 Å². The molecule has 2 nitrogen and oxygen atoms in total. The van der Waals surface area contributed by atoms with Gasteiger partial charge in [-0.2, -0.15) is 5.26 Å². The summed E-state index contributed by atoms with van der Waals surface area (Å²) < 4.78 is 5.77. The van der Waals surface area contributed by atoms with Gasteiger partial charge in [-0.05, 0) is 29.3 Å². The van der Waals surface area contributed by atoms with Crippen LogP contribution < -0.4 is 4.74 Å². The molecule has 0 aliphatic carbocycles. The summed E-state index contributed by atoms with van der Waals surface area (Å²) in [6.45, 7) is 0. The Hall–Kier alpha value is -2.27. The van der Waals surface area contributed by atoms with Gasteiger partial charge in [0.2, 0.25) is 0 Å². The van der Waals surface area contributed by atoms with Crippen LogP contribution in [-0.4, -0.2) is 0 Å². The summed E-state index contributed by atoms with van der Waals surface area (Å²) in [4.78, 5) is 0. The van der Waals surface area contributed by atoms with E-state index in [1.807, 2.05) is 30.3 Å². The zero-order valence-corrected chi connectivity index (χ0v) is 8.60. The van der Waals surface area contributed by atoms with Gasteiger partial charge in [0.15, 0.2) is 0 Å². The molecule has 0 N–H and O–H groups in total. The van der Waals surface area contributed by atoms with Crippen molar-refractivity contribution >= 4 is 0 Å². The predicted molar refractivity (Wildman–Crippen MR) is 60.5 cm³/mol. The fraction of sp³-hybridized carbons (Fsp3) is 0.0714. The highest BCUT2D eigenvalue weighted by atomic mass is 16.5. The van der Waals surface area contributed by atoms with Gasteiger partial charge < -0.3 is 4.74 Å². The smallest absolute Gasteiger partial charge is 0.132 e. The number of hydrogen-bond donors (Lipinski definition) is 0. The molecular formula is C14H9NO. The number of fused-ring (bicyclic) bond motifs is 2. The van der Waals surface area contributed by atoms with Gasteiger partial charge in [0.1, 0.15) is 11.5 Å². The zero-order chi connectivity index (χ0) is 11.0. The highest BCUT2D eigenvalue weighted by Gasteiger charge is 2.16. The van der Waals surface area contributed by atoms with Crippen LogP contribution >= 0.6 is 0 Å². The molecule has 0 aromatic heterocycles. The summed E-state index contributed by atoms with van der Waals surface area (Å²) in [5.74, 6) is 1.70. The molecule has 0 spiro atoms. The van der Waals surface area contributed by atoms with Crippen LogP contribution in [0.25, 0.3) is 0 Å². The average molecular weight is 207 g/mol. The average Bonchev–Trinajstić information content (AvgIpc) is 2.35. The Kier molecular flexibility index (Phi) is 1.91. The number of benzene rings is 2. The minimum Gasteiger partial charge on any atom is -0.457 e. The van der Waals surface area contributed by atoms with Crippen molar-refractivity contribution in [3.8, 4) is 17.6 Å². The third kappa shape index (κ3) is 1.34. The predicted octanol–water partition coefficient (Wildman–Crippen LogP) is 3.25. The van der Waals surface area contributed by atoms with Gasteiger partial charge in [-0.15, -0.1) is 0 Å². The summed E-state index contributed by atoms with van der Waals surface area (Å²) in [6.07, 6.45) is 0.872. The molecular weight excluding hydrogens is 198 g/mol. The quantitative estimate of drug-likeness (QED) is 0.566. The molecule has 2 heteroatoms. The van der Waals surface area contributed by atoms with Crippen molar-refractivity contribution in [3.63, 3.8) is 0 Å². The van der Waals surface area contributed by atoms with Crippen molar-refractivity contribution in [3.05, 3.63) is 59.2 Å². The second-order valence-corrected chi connectivity index (χ2v) is 3.82. The van der Waals surface area contributed by atoms with Crippen LogP contribution in [0.1, 0.15) is 16.7 Å². The van der Waals surface area contributed by atoms with E-state index in [1.165, 1.54) is 5.56 Å². The Bertz CT molecular complexity index is 596. The Morgan fingerprint density at radius 2 is 1.81 bits per heavy atom. The standard InChI is InChI=1S/C14H9NO/c15-9-10-5-6-12-8-11-3-1-2-4-13(11)16-14(12)7-10/h1-7H,8H2. The molecule has 1 aliphatic heterocycles. The fourth-order valence-electron chi connectivity index (χ4n) is 1.94. The van der Waals surface area contributed by atoms with E-state index in [4.69, 9.17) is 10.00 Å². The van der Waals surface area contributed by atoms with Crippen molar-refractivity contribution in [1.82, 2.24) is 0 Å².